The molecule has 1 aliphatic heterocycles. The Morgan fingerprint density at radius 3 is 2.48 bits per heavy atom. The van der Waals surface area contributed by atoms with Crippen molar-refractivity contribution >= 4 is 11.6 Å². The summed E-state index contributed by atoms with van der Waals surface area (Å²) in [6.45, 7) is 4.62. The molecule has 2 atom stereocenters. The molecular weight excluding hydrogens is 358 g/mol. The number of piperidine rings is 1. The quantitative estimate of drug-likeness (QED) is 0.697. The molecule has 0 bridgehead atoms. The highest BCUT2D eigenvalue weighted by molar-refractivity contribution is 5.92. The zero-order valence-corrected chi connectivity index (χ0v) is 18.0. The van der Waals surface area contributed by atoms with Gasteiger partial charge in [0.25, 0.3) is 5.91 Å². The first-order chi connectivity index (χ1) is 14.0. The van der Waals surface area contributed by atoms with Gasteiger partial charge >= 0.3 is 0 Å². The van der Waals surface area contributed by atoms with Gasteiger partial charge in [-0.25, -0.2) is 4.98 Å². The Hall–Kier alpha value is -2.36. The Bertz CT molecular complexity index is 823. The van der Waals surface area contributed by atoms with Crippen molar-refractivity contribution in [1.82, 2.24) is 9.88 Å². The first kappa shape index (κ1) is 19.9. The highest BCUT2D eigenvalue weighted by Crippen LogP contribution is 2.52. The topological polar surface area (TPSA) is 36.4 Å². The Labute approximate surface area is 174 Å². The van der Waals surface area contributed by atoms with Gasteiger partial charge in [-0.3, -0.25) is 4.79 Å². The summed E-state index contributed by atoms with van der Waals surface area (Å²) in [5.41, 5.74) is 3.63. The maximum atomic E-state index is 12.0. The van der Waals surface area contributed by atoms with Gasteiger partial charge in [-0.1, -0.05) is 37.3 Å². The number of carbonyl (C=O) groups is 1. The van der Waals surface area contributed by atoms with Crippen LogP contribution in [-0.4, -0.2) is 43.0 Å². The third-order valence-electron chi connectivity index (χ3n) is 6.98. The molecule has 4 rings (SSSR count). The van der Waals surface area contributed by atoms with Crippen LogP contribution in [0.15, 0.2) is 48.7 Å². The highest BCUT2D eigenvalue weighted by atomic mass is 16.2. The van der Waals surface area contributed by atoms with E-state index in [0.29, 0.717) is 11.1 Å². The molecule has 0 radical (unpaired) electrons. The van der Waals surface area contributed by atoms with Crippen molar-refractivity contribution in [1.29, 1.82) is 0 Å². The monoisotopic (exact) mass is 391 g/mol. The molecule has 0 N–H and O–H groups in total. The van der Waals surface area contributed by atoms with Crippen molar-refractivity contribution in [2.75, 3.05) is 32.1 Å². The van der Waals surface area contributed by atoms with Crippen LogP contribution in [-0.2, 0) is 0 Å². The number of carbonyl (C=O) groups excluding carboxylic acids is 1. The number of hydrogen-bond acceptors (Lipinski definition) is 3. The van der Waals surface area contributed by atoms with Crippen molar-refractivity contribution in [3.05, 3.63) is 59.9 Å². The summed E-state index contributed by atoms with van der Waals surface area (Å²) < 4.78 is 0. The van der Waals surface area contributed by atoms with Crippen LogP contribution in [0.2, 0.25) is 0 Å². The number of hydrogen-bond donors (Lipinski definition) is 0. The van der Waals surface area contributed by atoms with E-state index in [0.717, 1.165) is 30.6 Å². The molecule has 1 saturated heterocycles. The molecule has 1 aromatic carbocycles. The van der Waals surface area contributed by atoms with E-state index in [-0.39, 0.29) is 5.91 Å². The van der Waals surface area contributed by atoms with Gasteiger partial charge in [0.2, 0.25) is 0 Å². The van der Waals surface area contributed by atoms with Crippen molar-refractivity contribution in [2.24, 2.45) is 11.3 Å². The fourth-order valence-corrected chi connectivity index (χ4v) is 4.69. The number of anilines is 1. The number of amides is 1. The van der Waals surface area contributed by atoms with E-state index in [1.807, 2.05) is 18.3 Å². The summed E-state index contributed by atoms with van der Waals surface area (Å²) >= 11 is 0. The molecule has 154 valence electrons. The van der Waals surface area contributed by atoms with E-state index in [4.69, 9.17) is 0 Å². The molecule has 29 heavy (non-hydrogen) atoms. The molecule has 1 aromatic heterocycles. The van der Waals surface area contributed by atoms with E-state index in [9.17, 15) is 4.79 Å². The molecule has 1 amide bonds. The second kappa shape index (κ2) is 8.17. The van der Waals surface area contributed by atoms with E-state index >= 15 is 0 Å². The Morgan fingerprint density at radius 1 is 1.14 bits per heavy atom. The third kappa shape index (κ3) is 4.63. The smallest absolute Gasteiger partial charge is 0.271 e. The minimum atomic E-state index is -0.0448. The van der Waals surface area contributed by atoms with Gasteiger partial charge in [-0.05, 0) is 67.1 Å². The first-order valence-electron chi connectivity index (χ1n) is 10.9. The molecule has 1 unspecified atom stereocenters. The maximum Gasteiger partial charge on any atom is 0.271 e. The molecule has 1 saturated carbocycles. The molecular formula is C25H33N3O. The first-order valence-corrected chi connectivity index (χ1v) is 10.9. The van der Waals surface area contributed by atoms with E-state index in [1.165, 1.54) is 37.7 Å². The Morgan fingerprint density at radius 2 is 1.86 bits per heavy atom. The van der Waals surface area contributed by atoms with Crippen LogP contribution in [0, 0.1) is 11.3 Å². The fourth-order valence-electron chi connectivity index (χ4n) is 4.69. The normalized spacial score (nSPS) is 22.9. The number of aromatic nitrogens is 1. The minimum absolute atomic E-state index is 0.0448. The molecule has 4 heteroatoms. The van der Waals surface area contributed by atoms with Crippen molar-refractivity contribution in [3.63, 3.8) is 0 Å². The summed E-state index contributed by atoms with van der Waals surface area (Å²) in [7, 11) is 3.51. The number of nitrogens with zero attached hydrogens (tertiary/aromatic N) is 3. The highest BCUT2D eigenvalue weighted by Gasteiger charge is 2.40. The van der Waals surface area contributed by atoms with Crippen LogP contribution in [0.4, 0.5) is 5.69 Å². The van der Waals surface area contributed by atoms with Gasteiger partial charge in [0.05, 0.1) is 11.9 Å². The summed E-state index contributed by atoms with van der Waals surface area (Å²) in [6, 6.07) is 14.9. The SMILES string of the molecule is CN(C)C(=O)c1ccc(N2CCC(C)(CC[C@@H]3CC3c3ccccc3)CC2)cn1. The van der Waals surface area contributed by atoms with Gasteiger partial charge in [-0.2, -0.15) is 0 Å². The van der Waals surface area contributed by atoms with Crippen LogP contribution in [0.3, 0.4) is 0 Å². The summed E-state index contributed by atoms with van der Waals surface area (Å²) in [4.78, 5) is 20.4. The summed E-state index contributed by atoms with van der Waals surface area (Å²) in [5.74, 6) is 1.64. The van der Waals surface area contributed by atoms with Crippen LogP contribution in [0.5, 0.6) is 0 Å². The molecule has 2 heterocycles. The lowest BCUT2D eigenvalue weighted by Gasteiger charge is -2.40. The van der Waals surface area contributed by atoms with E-state index in [2.05, 4.69) is 47.1 Å². The predicted molar refractivity (Wildman–Crippen MR) is 118 cm³/mol. The van der Waals surface area contributed by atoms with Crippen molar-refractivity contribution in [2.45, 2.75) is 44.9 Å². The standard InChI is InChI=1S/C25H33N3O/c1-25(12-11-20-17-22(20)19-7-5-4-6-8-19)13-15-28(16-14-25)21-9-10-23(26-18-21)24(29)27(2)3/h4-10,18,20,22H,11-17H2,1-3H3/t20-,22?/m1/s1. The molecule has 2 aromatic rings. The zero-order valence-electron chi connectivity index (χ0n) is 18.0. The molecule has 2 fully saturated rings. The van der Waals surface area contributed by atoms with E-state index < -0.39 is 0 Å². The Kier molecular flexibility index (Phi) is 5.62. The molecule has 1 aliphatic carbocycles. The van der Waals surface area contributed by atoms with Crippen molar-refractivity contribution < 1.29 is 4.79 Å². The van der Waals surface area contributed by atoms with Crippen LogP contribution < -0.4 is 4.90 Å². The maximum absolute atomic E-state index is 12.0. The second-order valence-corrected chi connectivity index (χ2v) is 9.45. The summed E-state index contributed by atoms with van der Waals surface area (Å²) in [5, 5.41) is 0. The lowest BCUT2D eigenvalue weighted by Crippen LogP contribution is -2.38. The lowest BCUT2D eigenvalue weighted by atomic mass is 9.76. The number of rotatable bonds is 6. The fraction of sp³-hybridized carbons (Fsp3) is 0.520. The number of pyridine rings is 1. The average molecular weight is 392 g/mol. The van der Waals surface area contributed by atoms with Crippen LogP contribution in [0.1, 0.15) is 61.0 Å². The lowest BCUT2D eigenvalue weighted by molar-refractivity contribution is 0.0822. The molecule has 2 aliphatic rings. The van der Waals surface area contributed by atoms with E-state index in [1.54, 1.807) is 19.0 Å². The van der Waals surface area contributed by atoms with Gasteiger partial charge < -0.3 is 9.80 Å². The van der Waals surface area contributed by atoms with Gasteiger partial charge in [0, 0.05) is 27.2 Å². The molecule has 0 spiro atoms. The second-order valence-electron chi connectivity index (χ2n) is 9.45. The number of benzene rings is 1. The minimum Gasteiger partial charge on any atom is -0.370 e. The van der Waals surface area contributed by atoms with Gasteiger partial charge in [0.1, 0.15) is 5.69 Å². The van der Waals surface area contributed by atoms with Crippen LogP contribution >= 0.6 is 0 Å². The van der Waals surface area contributed by atoms with Crippen molar-refractivity contribution in [3.8, 4) is 0 Å². The van der Waals surface area contributed by atoms with Gasteiger partial charge in [-0.15, -0.1) is 0 Å². The largest absolute Gasteiger partial charge is 0.370 e. The Balaban J connectivity index is 1.26. The molecule has 4 nitrogen and oxygen atoms in total. The van der Waals surface area contributed by atoms with Crippen LogP contribution in [0.25, 0.3) is 0 Å². The predicted octanol–water partition coefficient (Wildman–Crippen LogP) is 4.97. The third-order valence-corrected chi connectivity index (χ3v) is 6.98. The summed E-state index contributed by atoms with van der Waals surface area (Å²) in [6.07, 6.45) is 8.38. The van der Waals surface area contributed by atoms with Gasteiger partial charge in [0.15, 0.2) is 0 Å². The average Bonchev–Trinajstić information content (AvgIpc) is 3.53. The zero-order chi connectivity index (χ0) is 20.4.